The number of aryl methyl sites for hydroxylation is 1. The van der Waals surface area contributed by atoms with Gasteiger partial charge in [-0.3, -0.25) is 10.1 Å². The molecule has 154 valence electrons. The second-order valence-corrected chi connectivity index (χ2v) is 7.99. The Bertz CT molecular complexity index is 981. The third kappa shape index (κ3) is 4.22. The highest BCUT2D eigenvalue weighted by Gasteiger charge is 2.62. The van der Waals surface area contributed by atoms with E-state index < -0.39 is 23.1 Å². The number of benzene rings is 2. The first-order chi connectivity index (χ1) is 13.6. The van der Waals surface area contributed by atoms with Crippen molar-refractivity contribution in [3.8, 4) is 0 Å². The summed E-state index contributed by atoms with van der Waals surface area (Å²) < 4.78 is 42.1. The maximum atomic E-state index is 14.0. The second kappa shape index (κ2) is 8.12. The van der Waals surface area contributed by atoms with Gasteiger partial charge in [-0.05, 0) is 24.6 Å². The van der Waals surface area contributed by atoms with Crippen LogP contribution in [0.1, 0.15) is 23.1 Å². The van der Waals surface area contributed by atoms with Crippen LogP contribution in [0.3, 0.4) is 0 Å². The predicted molar refractivity (Wildman–Crippen MR) is 107 cm³/mol. The van der Waals surface area contributed by atoms with Crippen LogP contribution in [-0.4, -0.2) is 22.1 Å². The minimum Gasteiger partial charge on any atom is -0.374 e. The SMILES string of the molecule is O=[N+]([O-])c1cc(C2=NOC(c3cc(Cl)cc(Cl)c3)(C(F)(F)F)C2)ccc1CCBr. The summed E-state index contributed by atoms with van der Waals surface area (Å²) >= 11 is 15.0. The molecule has 1 aliphatic heterocycles. The average Bonchev–Trinajstić information content (AvgIpc) is 3.08. The van der Waals surface area contributed by atoms with Crippen LogP contribution in [0.25, 0.3) is 0 Å². The summed E-state index contributed by atoms with van der Waals surface area (Å²) in [5.41, 5.74) is -2.72. The van der Waals surface area contributed by atoms with E-state index in [1.807, 2.05) is 0 Å². The highest BCUT2D eigenvalue weighted by atomic mass is 79.9. The third-order valence-corrected chi connectivity index (χ3v) is 5.33. The molecule has 0 radical (unpaired) electrons. The highest BCUT2D eigenvalue weighted by Crippen LogP contribution is 2.49. The summed E-state index contributed by atoms with van der Waals surface area (Å²) in [5.74, 6) is 0. The minimum absolute atomic E-state index is 0.0166. The van der Waals surface area contributed by atoms with E-state index in [2.05, 4.69) is 21.1 Å². The molecule has 5 nitrogen and oxygen atoms in total. The molecular weight excluding hydrogens is 500 g/mol. The smallest absolute Gasteiger partial charge is 0.374 e. The van der Waals surface area contributed by atoms with Gasteiger partial charge < -0.3 is 4.84 Å². The van der Waals surface area contributed by atoms with Gasteiger partial charge in [-0.15, -0.1) is 0 Å². The van der Waals surface area contributed by atoms with Gasteiger partial charge in [-0.1, -0.05) is 56.4 Å². The second-order valence-electron chi connectivity index (χ2n) is 6.33. The number of nitrogens with zero attached hydrogens (tertiary/aromatic N) is 2. The molecule has 1 atom stereocenters. The zero-order chi connectivity index (χ0) is 21.4. The fraction of sp³-hybridized carbons (Fsp3) is 0.278. The Morgan fingerprint density at radius 3 is 2.41 bits per heavy atom. The molecule has 1 aliphatic rings. The fourth-order valence-corrected chi connectivity index (χ4v) is 4.03. The molecule has 0 bridgehead atoms. The predicted octanol–water partition coefficient (Wildman–Crippen LogP) is 6.42. The number of oxime groups is 1. The van der Waals surface area contributed by atoms with E-state index in [4.69, 9.17) is 28.0 Å². The zero-order valence-electron chi connectivity index (χ0n) is 14.5. The summed E-state index contributed by atoms with van der Waals surface area (Å²) in [7, 11) is 0. The van der Waals surface area contributed by atoms with Crippen molar-refractivity contribution in [3.05, 3.63) is 73.2 Å². The van der Waals surface area contributed by atoms with E-state index in [0.29, 0.717) is 17.3 Å². The molecule has 0 saturated heterocycles. The van der Waals surface area contributed by atoms with Gasteiger partial charge in [0.2, 0.25) is 0 Å². The van der Waals surface area contributed by atoms with E-state index in [-0.39, 0.29) is 32.6 Å². The van der Waals surface area contributed by atoms with Crippen molar-refractivity contribution in [2.75, 3.05) is 5.33 Å². The summed E-state index contributed by atoms with van der Waals surface area (Å²) in [5, 5.41) is 15.5. The van der Waals surface area contributed by atoms with Gasteiger partial charge in [0.25, 0.3) is 11.3 Å². The summed E-state index contributed by atoms with van der Waals surface area (Å²) in [6, 6.07) is 7.73. The van der Waals surface area contributed by atoms with Gasteiger partial charge in [-0.2, -0.15) is 13.2 Å². The maximum Gasteiger partial charge on any atom is 0.435 e. The number of nitro groups is 1. The van der Waals surface area contributed by atoms with E-state index in [0.717, 1.165) is 12.1 Å². The number of rotatable bonds is 5. The molecule has 0 N–H and O–H groups in total. The van der Waals surface area contributed by atoms with Crippen molar-refractivity contribution in [3.63, 3.8) is 0 Å². The molecular formula is C18H12BrCl2F3N2O3. The van der Waals surface area contributed by atoms with Crippen molar-refractivity contribution < 1.29 is 22.9 Å². The molecule has 0 amide bonds. The molecule has 1 heterocycles. The van der Waals surface area contributed by atoms with Gasteiger partial charge in [-0.25, -0.2) is 0 Å². The molecule has 11 heteroatoms. The van der Waals surface area contributed by atoms with E-state index in [1.54, 1.807) is 0 Å². The van der Waals surface area contributed by atoms with Crippen LogP contribution in [0.2, 0.25) is 10.0 Å². The van der Waals surface area contributed by atoms with Gasteiger partial charge >= 0.3 is 6.18 Å². The molecule has 1 unspecified atom stereocenters. The monoisotopic (exact) mass is 510 g/mol. The average molecular weight is 512 g/mol. The molecule has 0 spiro atoms. The summed E-state index contributed by atoms with van der Waals surface area (Å²) in [4.78, 5) is 15.7. The van der Waals surface area contributed by atoms with Crippen LogP contribution < -0.4 is 0 Å². The Morgan fingerprint density at radius 1 is 1.21 bits per heavy atom. The highest BCUT2D eigenvalue weighted by molar-refractivity contribution is 9.09. The lowest BCUT2D eigenvalue weighted by molar-refractivity contribution is -0.385. The minimum atomic E-state index is -4.84. The van der Waals surface area contributed by atoms with Gasteiger partial charge in [0.05, 0.1) is 10.6 Å². The Morgan fingerprint density at radius 2 is 1.86 bits per heavy atom. The lowest BCUT2D eigenvalue weighted by atomic mass is 9.86. The normalized spacial score (nSPS) is 19.0. The van der Waals surface area contributed by atoms with Crippen LogP contribution in [-0.2, 0) is 16.9 Å². The first-order valence-electron chi connectivity index (χ1n) is 8.19. The van der Waals surface area contributed by atoms with Crippen LogP contribution in [0.5, 0.6) is 0 Å². The van der Waals surface area contributed by atoms with Crippen LogP contribution in [0.15, 0.2) is 41.6 Å². The Hall–Kier alpha value is -1.84. The Kier molecular flexibility index (Phi) is 6.12. The molecule has 0 fully saturated rings. The van der Waals surface area contributed by atoms with E-state index in [1.165, 1.54) is 24.3 Å². The van der Waals surface area contributed by atoms with E-state index >= 15 is 0 Å². The Labute approximate surface area is 181 Å². The van der Waals surface area contributed by atoms with Gasteiger partial charge in [0.15, 0.2) is 0 Å². The largest absolute Gasteiger partial charge is 0.435 e. The van der Waals surface area contributed by atoms with Crippen molar-refractivity contribution in [2.24, 2.45) is 5.16 Å². The standard InChI is InChI=1S/C18H12BrCl2F3N2O3/c19-4-3-10-1-2-11(5-16(10)26(27)28)15-9-17(29-25-15,18(22,23)24)12-6-13(20)8-14(21)7-12/h1-2,5-8H,3-4,9H2. The van der Waals surface area contributed by atoms with Crippen LogP contribution >= 0.6 is 39.1 Å². The number of hydrogen-bond acceptors (Lipinski definition) is 4. The maximum absolute atomic E-state index is 14.0. The number of hydrogen-bond donors (Lipinski definition) is 0. The van der Waals surface area contributed by atoms with Gasteiger partial charge in [0.1, 0.15) is 0 Å². The molecule has 2 aromatic carbocycles. The topological polar surface area (TPSA) is 64.7 Å². The summed E-state index contributed by atoms with van der Waals surface area (Å²) in [6.45, 7) is 0. The van der Waals surface area contributed by atoms with E-state index in [9.17, 15) is 23.3 Å². The molecule has 3 rings (SSSR count). The zero-order valence-corrected chi connectivity index (χ0v) is 17.6. The molecule has 0 saturated carbocycles. The first kappa shape index (κ1) is 21.9. The molecule has 0 aromatic heterocycles. The van der Waals surface area contributed by atoms with Crippen molar-refractivity contribution in [1.29, 1.82) is 0 Å². The first-order valence-corrected chi connectivity index (χ1v) is 10.1. The summed E-state index contributed by atoms with van der Waals surface area (Å²) in [6.07, 6.45) is -5.12. The van der Waals surface area contributed by atoms with Crippen molar-refractivity contribution >= 4 is 50.5 Å². The lowest BCUT2D eigenvalue weighted by Crippen LogP contribution is -2.42. The third-order valence-electron chi connectivity index (χ3n) is 4.49. The van der Waals surface area contributed by atoms with Gasteiger partial charge in [0, 0.05) is 44.6 Å². The quantitative estimate of drug-likeness (QED) is 0.264. The van der Waals surface area contributed by atoms with Crippen molar-refractivity contribution in [1.82, 2.24) is 0 Å². The molecule has 2 aromatic rings. The molecule has 29 heavy (non-hydrogen) atoms. The Balaban J connectivity index is 2.03. The van der Waals surface area contributed by atoms with Crippen LogP contribution in [0.4, 0.5) is 18.9 Å². The number of alkyl halides is 4. The fourth-order valence-electron chi connectivity index (χ4n) is 3.07. The molecule has 0 aliphatic carbocycles. The van der Waals surface area contributed by atoms with Crippen molar-refractivity contribution in [2.45, 2.75) is 24.6 Å². The van der Waals surface area contributed by atoms with Crippen LogP contribution in [0, 0.1) is 10.1 Å². The lowest BCUT2D eigenvalue weighted by Gasteiger charge is -2.29. The number of nitro benzene ring substituents is 1. The number of halogens is 6.